The van der Waals surface area contributed by atoms with Crippen molar-refractivity contribution in [1.29, 1.82) is 0 Å². The number of non-ortho nitro benzene ring substituents is 1. The normalized spacial score (nSPS) is 11.5. The average Bonchev–Trinajstić information content (AvgIpc) is 2.77. The lowest BCUT2D eigenvalue weighted by Gasteiger charge is -2.19. The second kappa shape index (κ2) is 9.32. The summed E-state index contributed by atoms with van der Waals surface area (Å²) in [6, 6.07) is 16.5. The Labute approximate surface area is 175 Å². The molecule has 3 aromatic rings. The summed E-state index contributed by atoms with van der Waals surface area (Å²) in [6.07, 6.45) is 7.27. The number of hydrogen-bond acceptors (Lipinski definition) is 6. The van der Waals surface area contributed by atoms with E-state index in [1.807, 2.05) is 24.3 Å². The molecule has 154 valence electrons. The summed E-state index contributed by atoms with van der Waals surface area (Å²) in [6.45, 7) is 0.268. The molecule has 0 aliphatic heterocycles. The number of nitro groups is 1. The fraction of sp³-hybridized carbons (Fsp3) is 0.136. The van der Waals surface area contributed by atoms with E-state index < -0.39 is 14.8 Å². The smallest absolute Gasteiger partial charge is 0.269 e. The third kappa shape index (κ3) is 5.51. The van der Waals surface area contributed by atoms with Crippen molar-refractivity contribution in [1.82, 2.24) is 4.98 Å². The minimum Gasteiger partial charge on any atom is -0.374 e. The number of nitrogens with zero attached hydrogens (tertiary/aromatic N) is 3. The highest BCUT2D eigenvalue weighted by molar-refractivity contribution is 7.91. The number of sulfone groups is 1. The van der Waals surface area contributed by atoms with Crippen LogP contribution in [0.4, 0.5) is 11.4 Å². The molecule has 30 heavy (non-hydrogen) atoms. The molecule has 8 heteroatoms. The monoisotopic (exact) mass is 423 g/mol. The van der Waals surface area contributed by atoms with Crippen molar-refractivity contribution in [3.05, 3.63) is 94.3 Å². The van der Waals surface area contributed by atoms with Gasteiger partial charge in [0.15, 0.2) is 9.84 Å². The van der Waals surface area contributed by atoms with Crippen LogP contribution in [-0.2, 0) is 9.84 Å². The molecule has 0 atom stereocenters. The van der Waals surface area contributed by atoms with Crippen molar-refractivity contribution in [3.8, 4) is 0 Å². The number of pyridine rings is 1. The van der Waals surface area contributed by atoms with Gasteiger partial charge in [0.05, 0.1) is 15.6 Å². The van der Waals surface area contributed by atoms with Gasteiger partial charge < -0.3 is 4.90 Å². The first kappa shape index (κ1) is 21.2. The number of benzene rings is 2. The first-order valence-corrected chi connectivity index (χ1v) is 10.9. The van der Waals surface area contributed by atoms with Crippen LogP contribution in [0.15, 0.2) is 78.0 Å². The summed E-state index contributed by atoms with van der Waals surface area (Å²) < 4.78 is 25.3. The van der Waals surface area contributed by atoms with Crippen molar-refractivity contribution in [2.75, 3.05) is 24.2 Å². The van der Waals surface area contributed by atoms with Gasteiger partial charge in [0, 0.05) is 43.8 Å². The molecule has 3 rings (SSSR count). The molecule has 0 fully saturated rings. The molecule has 0 spiro atoms. The first-order valence-electron chi connectivity index (χ1n) is 9.22. The van der Waals surface area contributed by atoms with E-state index in [0.717, 1.165) is 11.1 Å². The molecule has 7 nitrogen and oxygen atoms in total. The largest absolute Gasteiger partial charge is 0.374 e. The van der Waals surface area contributed by atoms with Gasteiger partial charge >= 0.3 is 0 Å². The minimum atomic E-state index is -3.45. The molecule has 0 saturated carbocycles. The number of rotatable bonds is 8. The van der Waals surface area contributed by atoms with Crippen LogP contribution < -0.4 is 4.90 Å². The Morgan fingerprint density at radius 2 is 1.50 bits per heavy atom. The molecule has 2 aromatic carbocycles. The van der Waals surface area contributed by atoms with E-state index in [2.05, 4.69) is 4.98 Å². The van der Waals surface area contributed by atoms with E-state index >= 15 is 0 Å². The van der Waals surface area contributed by atoms with Gasteiger partial charge in [-0.25, -0.2) is 8.42 Å². The predicted molar refractivity (Wildman–Crippen MR) is 118 cm³/mol. The van der Waals surface area contributed by atoms with Gasteiger partial charge in [-0.15, -0.1) is 0 Å². The zero-order valence-corrected chi connectivity index (χ0v) is 17.2. The lowest BCUT2D eigenvalue weighted by Crippen LogP contribution is -2.25. The Balaban J connectivity index is 1.62. The molecule has 1 heterocycles. The topological polar surface area (TPSA) is 93.4 Å². The van der Waals surface area contributed by atoms with E-state index in [9.17, 15) is 18.5 Å². The zero-order valence-electron chi connectivity index (χ0n) is 16.4. The van der Waals surface area contributed by atoms with Crippen LogP contribution in [0.2, 0.25) is 0 Å². The molecule has 1 aromatic heterocycles. The minimum absolute atomic E-state index is 0.00200. The number of aromatic nitrogens is 1. The van der Waals surface area contributed by atoms with Crippen molar-refractivity contribution in [2.45, 2.75) is 4.90 Å². The van der Waals surface area contributed by atoms with Crippen LogP contribution in [0.25, 0.3) is 12.2 Å². The number of anilines is 1. The second-order valence-corrected chi connectivity index (χ2v) is 8.81. The lowest BCUT2D eigenvalue weighted by molar-refractivity contribution is -0.384. The molecule has 0 unspecified atom stereocenters. The molecular formula is C22H21N3O4S. The van der Waals surface area contributed by atoms with E-state index in [-0.39, 0.29) is 22.9 Å². The average molecular weight is 423 g/mol. The van der Waals surface area contributed by atoms with Gasteiger partial charge in [0.2, 0.25) is 0 Å². The Morgan fingerprint density at radius 3 is 2.07 bits per heavy atom. The zero-order chi connectivity index (χ0) is 21.6. The van der Waals surface area contributed by atoms with Crippen LogP contribution in [-0.4, -0.2) is 37.7 Å². The second-order valence-electron chi connectivity index (χ2n) is 6.70. The van der Waals surface area contributed by atoms with Crippen molar-refractivity contribution in [3.63, 3.8) is 0 Å². The fourth-order valence-corrected chi connectivity index (χ4v) is 4.09. The van der Waals surface area contributed by atoms with Gasteiger partial charge in [0.1, 0.15) is 0 Å². The predicted octanol–water partition coefficient (Wildman–Crippen LogP) is 4.07. The highest BCUT2D eigenvalue weighted by atomic mass is 32.2. The Bertz CT molecular complexity index is 1130. The van der Waals surface area contributed by atoms with Gasteiger partial charge in [-0.1, -0.05) is 24.3 Å². The molecule has 0 N–H and O–H groups in total. The molecule has 0 aliphatic carbocycles. The van der Waals surface area contributed by atoms with Crippen LogP contribution in [0, 0.1) is 10.1 Å². The number of hydrogen-bond donors (Lipinski definition) is 0. The Morgan fingerprint density at radius 1 is 0.933 bits per heavy atom. The third-order valence-corrected chi connectivity index (χ3v) is 6.32. The fourth-order valence-electron chi connectivity index (χ4n) is 2.79. The summed E-state index contributed by atoms with van der Waals surface area (Å²) in [5, 5.41) is 10.7. The summed E-state index contributed by atoms with van der Waals surface area (Å²) in [7, 11) is -1.70. The maximum atomic E-state index is 12.7. The Kier molecular flexibility index (Phi) is 6.58. The molecular weight excluding hydrogens is 402 g/mol. The van der Waals surface area contributed by atoms with Crippen LogP contribution in [0.3, 0.4) is 0 Å². The van der Waals surface area contributed by atoms with E-state index in [1.54, 1.807) is 60.7 Å². The van der Waals surface area contributed by atoms with Crippen molar-refractivity contribution >= 4 is 33.4 Å². The first-order chi connectivity index (χ1) is 14.3. The lowest BCUT2D eigenvalue weighted by atomic mass is 10.1. The van der Waals surface area contributed by atoms with Crippen LogP contribution in [0.5, 0.6) is 0 Å². The van der Waals surface area contributed by atoms with E-state index in [4.69, 9.17) is 0 Å². The highest BCUT2D eigenvalue weighted by Crippen LogP contribution is 2.19. The quantitative estimate of drug-likeness (QED) is 0.400. The highest BCUT2D eigenvalue weighted by Gasteiger charge is 2.16. The molecule has 0 amide bonds. The standard InChI is InChI=1S/C22H21N3O4S/c1-24(20-6-8-21(9-7-20)25(26)27)16-17-30(28,29)22-10-4-18(5-11-22)2-3-19-12-14-23-15-13-19/h2-15H,16-17H2,1H3. The SMILES string of the molecule is CN(CCS(=O)(=O)c1ccc(C=Cc2ccncc2)cc1)c1ccc([N+](=O)[O-])cc1. The van der Waals surface area contributed by atoms with Crippen LogP contribution in [0.1, 0.15) is 11.1 Å². The van der Waals surface area contributed by atoms with Gasteiger partial charge in [-0.05, 0) is 47.5 Å². The van der Waals surface area contributed by atoms with Crippen molar-refractivity contribution < 1.29 is 13.3 Å². The Hall–Kier alpha value is -3.52. The van der Waals surface area contributed by atoms with E-state index in [0.29, 0.717) is 5.69 Å². The summed E-state index contributed by atoms with van der Waals surface area (Å²) in [5.41, 5.74) is 2.62. The molecule has 0 aliphatic rings. The maximum absolute atomic E-state index is 12.7. The summed E-state index contributed by atoms with van der Waals surface area (Å²) >= 11 is 0. The van der Waals surface area contributed by atoms with Gasteiger partial charge in [-0.3, -0.25) is 15.1 Å². The van der Waals surface area contributed by atoms with Crippen LogP contribution >= 0.6 is 0 Å². The van der Waals surface area contributed by atoms with E-state index in [1.165, 1.54) is 12.1 Å². The van der Waals surface area contributed by atoms with Crippen molar-refractivity contribution in [2.24, 2.45) is 0 Å². The summed E-state index contributed by atoms with van der Waals surface area (Å²) in [4.78, 5) is 16.3. The number of nitro benzene ring substituents is 1. The van der Waals surface area contributed by atoms with Gasteiger partial charge in [-0.2, -0.15) is 0 Å². The third-order valence-electron chi connectivity index (χ3n) is 4.61. The summed E-state index contributed by atoms with van der Waals surface area (Å²) in [5.74, 6) is -0.0628. The molecule has 0 saturated heterocycles. The van der Waals surface area contributed by atoms with Gasteiger partial charge in [0.25, 0.3) is 5.69 Å². The maximum Gasteiger partial charge on any atom is 0.269 e. The molecule has 0 bridgehead atoms. The molecule has 0 radical (unpaired) electrons.